The highest BCUT2D eigenvalue weighted by atomic mass is 16.2. The second-order valence-corrected chi connectivity index (χ2v) is 5.55. The van der Waals surface area contributed by atoms with Crippen LogP contribution in [-0.2, 0) is 0 Å². The molecule has 5 nitrogen and oxygen atoms in total. The number of nitrogens with one attached hydrogen (secondary N) is 2. The summed E-state index contributed by atoms with van der Waals surface area (Å²) in [5.41, 5.74) is 1.49. The minimum atomic E-state index is -0.0666. The molecule has 4 rings (SSSR count). The first kappa shape index (κ1) is 11.0. The Hall–Kier alpha value is -1.88. The third kappa shape index (κ3) is 1.81. The molecule has 3 heterocycles. The van der Waals surface area contributed by atoms with E-state index < -0.39 is 0 Å². The van der Waals surface area contributed by atoms with Gasteiger partial charge in [-0.15, -0.1) is 0 Å². The summed E-state index contributed by atoms with van der Waals surface area (Å²) < 4.78 is 1.90. The molecule has 1 amide bonds. The molecule has 1 saturated carbocycles. The number of nitrogens with zero attached hydrogens (tertiary/aromatic N) is 2. The van der Waals surface area contributed by atoms with Crippen LogP contribution >= 0.6 is 0 Å². The molecule has 2 aromatic heterocycles. The van der Waals surface area contributed by atoms with Crippen LogP contribution < -0.4 is 10.6 Å². The first-order chi connectivity index (χ1) is 9.29. The van der Waals surface area contributed by atoms with Gasteiger partial charge in [0.05, 0.1) is 6.33 Å². The Balaban J connectivity index is 1.53. The van der Waals surface area contributed by atoms with Crippen molar-refractivity contribution in [3.8, 4) is 0 Å². The van der Waals surface area contributed by atoms with E-state index in [9.17, 15) is 4.79 Å². The molecule has 1 aliphatic carbocycles. The van der Waals surface area contributed by atoms with E-state index >= 15 is 0 Å². The molecule has 3 atom stereocenters. The standard InChI is InChI=1S/C14H16N4O/c19-14(17-12-5-9-4-11(12)15-7-9)13-6-10-2-1-3-18(10)8-16-13/h1-3,6,8-9,11-12,15H,4-5,7H2,(H,17,19)/t9-,11-,12+/m0/s1. The normalized spacial score (nSPS) is 28.9. The molecule has 1 saturated heterocycles. The summed E-state index contributed by atoms with van der Waals surface area (Å²) in [6.45, 7) is 1.10. The van der Waals surface area contributed by atoms with Crippen LogP contribution in [0.3, 0.4) is 0 Å². The van der Waals surface area contributed by atoms with Gasteiger partial charge in [-0.05, 0) is 43.5 Å². The molecule has 2 fully saturated rings. The molecule has 2 aliphatic rings. The highest BCUT2D eigenvalue weighted by Crippen LogP contribution is 2.31. The molecular weight excluding hydrogens is 240 g/mol. The SMILES string of the molecule is O=C(N[C@@H]1C[C@H]2CN[C@H]1C2)c1cc2cccn2cn1. The van der Waals surface area contributed by atoms with Crippen molar-refractivity contribution in [2.75, 3.05) is 6.54 Å². The number of hydrogen-bond acceptors (Lipinski definition) is 3. The second kappa shape index (κ2) is 4.06. The van der Waals surface area contributed by atoms with Gasteiger partial charge in [-0.2, -0.15) is 0 Å². The van der Waals surface area contributed by atoms with E-state index in [2.05, 4.69) is 15.6 Å². The number of aromatic nitrogens is 2. The van der Waals surface area contributed by atoms with E-state index in [1.54, 1.807) is 6.33 Å². The smallest absolute Gasteiger partial charge is 0.270 e. The van der Waals surface area contributed by atoms with E-state index in [1.807, 2.05) is 28.8 Å². The average molecular weight is 256 g/mol. The Labute approximate surface area is 111 Å². The zero-order chi connectivity index (χ0) is 12.8. The number of rotatable bonds is 2. The third-order valence-corrected chi connectivity index (χ3v) is 4.30. The average Bonchev–Trinajstić information content (AvgIpc) is 3.13. The molecule has 0 aromatic carbocycles. The Morgan fingerprint density at radius 3 is 3.21 bits per heavy atom. The monoisotopic (exact) mass is 256 g/mol. The largest absolute Gasteiger partial charge is 0.346 e. The van der Waals surface area contributed by atoms with Crippen LogP contribution in [0.4, 0.5) is 0 Å². The fourth-order valence-electron chi connectivity index (χ4n) is 3.32. The van der Waals surface area contributed by atoms with Crippen molar-refractivity contribution in [3.63, 3.8) is 0 Å². The zero-order valence-electron chi connectivity index (χ0n) is 10.5. The Morgan fingerprint density at radius 1 is 1.47 bits per heavy atom. The summed E-state index contributed by atoms with van der Waals surface area (Å²) in [6, 6.07) is 6.45. The van der Waals surface area contributed by atoms with Crippen molar-refractivity contribution in [2.24, 2.45) is 5.92 Å². The van der Waals surface area contributed by atoms with Crippen molar-refractivity contribution in [1.29, 1.82) is 0 Å². The van der Waals surface area contributed by atoms with Gasteiger partial charge in [-0.1, -0.05) is 0 Å². The van der Waals surface area contributed by atoms with Crippen molar-refractivity contribution < 1.29 is 4.79 Å². The van der Waals surface area contributed by atoms with Crippen LogP contribution in [0.5, 0.6) is 0 Å². The number of hydrogen-bond donors (Lipinski definition) is 2. The predicted molar refractivity (Wildman–Crippen MR) is 71.0 cm³/mol. The van der Waals surface area contributed by atoms with E-state index in [0.717, 1.165) is 24.4 Å². The van der Waals surface area contributed by atoms with Crippen LogP contribution in [0, 0.1) is 5.92 Å². The van der Waals surface area contributed by atoms with Gasteiger partial charge >= 0.3 is 0 Å². The van der Waals surface area contributed by atoms with Crippen LogP contribution in [-0.4, -0.2) is 33.9 Å². The van der Waals surface area contributed by atoms with E-state index in [1.165, 1.54) is 6.42 Å². The third-order valence-electron chi connectivity index (χ3n) is 4.30. The fraction of sp³-hybridized carbons (Fsp3) is 0.429. The van der Waals surface area contributed by atoms with Gasteiger partial charge in [-0.3, -0.25) is 4.79 Å². The van der Waals surface area contributed by atoms with Gasteiger partial charge in [0.1, 0.15) is 5.69 Å². The Morgan fingerprint density at radius 2 is 2.42 bits per heavy atom. The summed E-state index contributed by atoms with van der Waals surface area (Å²) in [6.07, 6.45) is 5.89. The van der Waals surface area contributed by atoms with Gasteiger partial charge in [0.2, 0.25) is 0 Å². The van der Waals surface area contributed by atoms with E-state index in [-0.39, 0.29) is 11.9 Å². The number of fused-ring (bicyclic) bond motifs is 3. The van der Waals surface area contributed by atoms with Gasteiger partial charge in [-0.25, -0.2) is 4.98 Å². The molecule has 0 radical (unpaired) electrons. The first-order valence-electron chi connectivity index (χ1n) is 6.76. The number of amides is 1. The summed E-state index contributed by atoms with van der Waals surface area (Å²) in [5, 5.41) is 6.56. The topological polar surface area (TPSA) is 58.4 Å². The highest BCUT2D eigenvalue weighted by Gasteiger charge is 2.40. The minimum Gasteiger partial charge on any atom is -0.346 e. The lowest BCUT2D eigenvalue weighted by molar-refractivity contribution is 0.0923. The predicted octanol–water partition coefficient (Wildman–Crippen LogP) is 0.814. The quantitative estimate of drug-likeness (QED) is 0.836. The molecular formula is C14H16N4O. The van der Waals surface area contributed by atoms with Gasteiger partial charge < -0.3 is 15.0 Å². The molecule has 1 aliphatic heterocycles. The molecule has 98 valence electrons. The van der Waals surface area contributed by atoms with Crippen molar-refractivity contribution in [1.82, 2.24) is 20.0 Å². The lowest BCUT2D eigenvalue weighted by atomic mass is 10.1. The Kier molecular flexibility index (Phi) is 2.35. The van der Waals surface area contributed by atoms with Gasteiger partial charge in [0, 0.05) is 23.8 Å². The number of carbonyl (C=O) groups excluding carboxylic acids is 1. The first-order valence-corrected chi connectivity index (χ1v) is 6.76. The molecule has 2 aromatic rings. The van der Waals surface area contributed by atoms with E-state index in [4.69, 9.17) is 0 Å². The van der Waals surface area contributed by atoms with Crippen molar-refractivity contribution in [3.05, 3.63) is 36.4 Å². The summed E-state index contributed by atoms with van der Waals surface area (Å²) in [7, 11) is 0. The molecule has 0 unspecified atom stereocenters. The highest BCUT2D eigenvalue weighted by molar-refractivity contribution is 5.93. The molecule has 2 bridgehead atoms. The molecule has 5 heteroatoms. The summed E-state index contributed by atoms with van der Waals surface area (Å²) >= 11 is 0. The van der Waals surface area contributed by atoms with Crippen LogP contribution in [0.15, 0.2) is 30.7 Å². The van der Waals surface area contributed by atoms with Gasteiger partial charge in [0.15, 0.2) is 0 Å². The molecule has 2 N–H and O–H groups in total. The zero-order valence-corrected chi connectivity index (χ0v) is 10.5. The van der Waals surface area contributed by atoms with E-state index in [0.29, 0.717) is 11.7 Å². The maximum absolute atomic E-state index is 12.2. The fourth-order valence-corrected chi connectivity index (χ4v) is 3.32. The molecule has 0 spiro atoms. The lowest BCUT2D eigenvalue weighted by Gasteiger charge is -2.23. The minimum absolute atomic E-state index is 0.0666. The number of carbonyl (C=O) groups is 1. The maximum atomic E-state index is 12.2. The lowest BCUT2D eigenvalue weighted by Crippen LogP contribution is -2.48. The van der Waals surface area contributed by atoms with Crippen LogP contribution in [0.25, 0.3) is 5.52 Å². The van der Waals surface area contributed by atoms with Crippen molar-refractivity contribution in [2.45, 2.75) is 24.9 Å². The molecule has 19 heavy (non-hydrogen) atoms. The van der Waals surface area contributed by atoms with Crippen molar-refractivity contribution >= 4 is 11.4 Å². The summed E-state index contributed by atoms with van der Waals surface area (Å²) in [4.78, 5) is 16.4. The Bertz CT molecular complexity index is 635. The number of piperidine rings is 1. The van der Waals surface area contributed by atoms with Crippen LogP contribution in [0.1, 0.15) is 23.3 Å². The maximum Gasteiger partial charge on any atom is 0.270 e. The van der Waals surface area contributed by atoms with Gasteiger partial charge in [0.25, 0.3) is 5.91 Å². The second-order valence-electron chi connectivity index (χ2n) is 5.55. The summed E-state index contributed by atoms with van der Waals surface area (Å²) in [5.74, 6) is 0.666. The van der Waals surface area contributed by atoms with Crippen LogP contribution in [0.2, 0.25) is 0 Å².